The van der Waals surface area contributed by atoms with Crippen molar-refractivity contribution in [3.05, 3.63) is 224 Å². The largest absolute Gasteiger partial charge is 0.309 e. The Labute approximate surface area is 358 Å². The lowest BCUT2D eigenvalue weighted by Crippen LogP contribution is -2.06. The number of para-hydroxylation sites is 2. The van der Waals surface area contributed by atoms with Crippen LogP contribution >= 0.6 is 0 Å². The maximum Gasteiger partial charge on any atom is 0.238 e. The molecule has 3 aromatic heterocycles. The highest BCUT2D eigenvalue weighted by Crippen LogP contribution is 2.43. The van der Waals surface area contributed by atoms with Crippen LogP contribution < -0.4 is 0 Å². The van der Waals surface area contributed by atoms with Crippen molar-refractivity contribution in [3.8, 4) is 67.8 Å². The highest BCUT2D eigenvalue weighted by molar-refractivity contribution is 6.19. The van der Waals surface area contributed by atoms with Crippen LogP contribution in [0, 0.1) is 0 Å². The quantitative estimate of drug-likeness (QED) is 0.162. The summed E-state index contributed by atoms with van der Waals surface area (Å²) in [6.07, 6.45) is 0. The van der Waals surface area contributed by atoms with Crippen LogP contribution in [0.3, 0.4) is 0 Å². The van der Waals surface area contributed by atoms with E-state index in [1.807, 2.05) is 24.3 Å². The summed E-state index contributed by atoms with van der Waals surface area (Å²) in [6, 6.07) is 79.3. The summed E-state index contributed by atoms with van der Waals surface area (Å²) in [6.45, 7) is 0. The van der Waals surface area contributed by atoms with Gasteiger partial charge < -0.3 is 4.57 Å². The molecule has 0 bridgehead atoms. The molecule has 0 unspecified atom stereocenters. The van der Waals surface area contributed by atoms with Gasteiger partial charge in [-0.1, -0.05) is 188 Å². The summed E-state index contributed by atoms with van der Waals surface area (Å²) >= 11 is 0. The predicted octanol–water partition coefficient (Wildman–Crippen LogP) is 14.4. The first-order chi connectivity index (χ1) is 30.8. The van der Waals surface area contributed by atoms with Gasteiger partial charge in [-0.2, -0.15) is 9.97 Å². The molecule has 5 nitrogen and oxygen atoms in total. The molecular weight excluding hydrogens is 755 g/mol. The third-order valence-corrected chi connectivity index (χ3v) is 12.0. The van der Waals surface area contributed by atoms with Crippen LogP contribution in [-0.4, -0.2) is 24.1 Å². The number of nitrogens with zero attached hydrogens (tertiary/aromatic N) is 5. The molecule has 0 radical (unpaired) electrons. The van der Waals surface area contributed by atoms with Crippen molar-refractivity contribution in [2.24, 2.45) is 0 Å². The Morgan fingerprint density at radius 1 is 0.274 bits per heavy atom. The second-order valence-corrected chi connectivity index (χ2v) is 15.6. The van der Waals surface area contributed by atoms with E-state index in [1.165, 1.54) is 27.5 Å². The van der Waals surface area contributed by atoms with Crippen LogP contribution in [-0.2, 0) is 0 Å². The first kappa shape index (κ1) is 35.5. The minimum Gasteiger partial charge on any atom is -0.309 e. The molecular formula is C57H37N5. The molecule has 5 heteroatoms. The summed E-state index contributed by atoms with van der Waals surface area (Å²) < 4.78 is 4.67. The summed E-state index contributed by atoms with van der Waals surface area (Å²) in [5, 5.41) is 4.63. The zero-order valence-electron chi connectivity index (χ0n) is 33.6. The fraction of sp³-hybridized carbons (Fsp3) is 0. The Hall–Kier alpha value is -8.41. The molecule has 0 saturated heterocycles. The van der Waals surface area contributed by atoms with Gasteiger partial charge in [-0.3, -0.25) is 4.57 Å². The lowest BCUT2D eigenvalue weighted by molar-refractivity contribution is 0.953. The highest BCUT2D eigenvalue weighted by Gasteiger charge is 2.23. The number of aromatic nitrogens is 5. The Bertz CT molecular complexity index is 3610. The summed E-state index contributed by atoms with van der Waals surface area (Å²) in [5.41, 5.74) is 14.1. The van der Waals surface area contributed by atoms with Crippen molar-refractivity contribution >= 4 is 43.6 Å². The molecule has 0 amide bonds. The summed E-state index contributed by atoms with van der Waals surface area (Å²) in [7, 11) is 0. The molecule has 12 aromatic rings. The van der Waals surface area contributed by atoms with Gasteiger partial charge >= 0.3 is 0 Å². The third-order valence-electron chi connectivity index (χ3n) is 12.0. The molecule has 12 rings (SSSR count). The van der Waals surface area contributed by atoms with E-state index in [2.05, 4.69) is 209 Å². The van der Waals surface area contributed by atoms with Crippen LogP contribution in [0.4, 0.5) is 0 Å². The van der Waals surface area contributed by atoms with Gasteiger partial charge in [0.25, 0.3) is 0 Å². The van der Waals surface area contributed by atoms with Gasteiger partial charge in [0.15, 0.2) is 11.6 Å². The average molecular weight is 792 g/mol. The zero-order valence-corrected chi connectivity index (χ0v) is 33.6. The highest BCUT2D eigenvalue weighted by atomic mass is 15.2. The van der Waals surface area contributed by atoms with Crippen molar-refractivity contribution in [1.29, 1.82) is 0 Å². The smallest absolute Gasteiger partial charge is 0.238 e. The fourth-order valence-electron chi connectivity index (χ4n) is 9.18. The van der Waals surface area contributed by atoms with E-state index < -0.39 is 0 Å². The first-order valence-corrected chi connectivity index (χ1v) is 21.0. The molecule has 0 N–H and O–H groups in total. The van der Waals surface area contributed by atoms with E-state index >= 15 is 0 Å². The standard InChI is InChI=1S/C57H37N5/c1-5-19-38(20-6-1)42-27-17-28-43(35-42)56-58-55(41-25-11-4-12-26-41)59-57(60-56)62-50-33-16-14-30-46(50)48-36-47-45-29-13-15-32-49(45)61(52(47)37-53(48)62)51-34-18-31-44(39-21-7-2-8-22-39)54(51)40-23-9-3-10-24-40/h1-37H. The van der Waals surface area contributed by atoms with Crippen LogP contribution in [0.15, 0.2) is 224 Å². The van der Waals surface area contributed by atoms with Crippen LogP contribution in [0.2, 0.25) is 0 Å². The second kappa shape index (κ2) is 14.7. The van der Waals surface area contributed by atoms with E-state index in [9.17, 15) is 0 Å². The van der Waals surface area contributed by atoms with E-state index in [4.69, 9.17) is 15.0 Å². The Kier molecular flexibility index (Phi) is 8.42. The van der Waals surface area contributed by atoms with Crippen molar-refractivity contribution in [2.75, 3.05) is 0 Å². The Balaban J connectivity index is 1.16. The number of rotatable bonds is 7. The molecule has 9 aromatic carbocycles. The molecule has 3 heterocycles. The van der Waals surface area contributed by atoms with Crippen molar-refractivity contribution in [3.63, 3.8) is 0 Å². The van der Waals surface area contributed by atoms with E-state index in [1.54, 1.807) is 0 Å². The Morgan fingerprint density at radius 2 is 0.758 bits per heavy atom. The molecule has 0 spiro atoms. The van der Waals surface area contributed by atoms with Gasteiger partial charge in [0, 0.05) is 38.2 Å². The predicted molar refractivity (Wildman–Crippen MR) is 256 cm³/mol. The molecule has 0 aliphatic heterocycles. The monoisotopic (exact) mass is 791 g/mol. The van der Waals surface area contributed by atoms with E-state index in [-0.39, 0.29) is 0 Å². The average Bonchev–Trinajstić information content (AvgIpc) is 3.86. The molecule has 62 heavy (non-hydrogen) atoms. The maximum atomic E-state index is 5.34. The molecule has 290 valence electrons. The molecule has 0 atom stereocenters. The molecule has 0 fully saturated rings. The summed E-state index contributed by atoms with van der Waals surface area (Å²) in [4.78, 5) is 15.8. The van der Waals surface area contributed by atoms with E-state index in [0.29, 0.717) is 17.6 Å². The van der Waals surface area contributed by atoms with Gasteiger partial charge in [0.2, 0.25) is 5.95 Å². The molecule has 0 aliphatic rings. The maximum absolute atomic E-state index is 5.34. The molecule has 0 saturated carbocycles. The zero-order chi connectivity index (χ0) is 41.0. The van der Waals surface area contributed by atoms with Crippen molar-refractivity contribution in [1.82, 2.24) is 24.1 Å². The SMILES string of the molecule is c1ccc(-c2cccc(-c3nc(-c4ccccc4)nc(-n4c5ccccc5c5cc6c7ccccc7n(-c7cccc(-c8ccccc8)c7-c7ccccc7)c6cc54)n3)c2)cc1. The number of benzene rings is 9. The van der Waals surface area contributed by atoms with E-state index in [0.717, 1.165) is 66.3 Å². The first-order valence-electron chi connectivity index (χ1n) is 21.0. The minimum absolute atomic E-state index is 0.559. The van der Waals surface area contributed by atoms with Gasteiger partial charge in [0.1, 0.15) is 0 Å². The number of fused-ring (bicyclic) bond motifs is 6. The van der Waals surface area contributed by atoms with Gasteiger partial charge in [-0.15, -0.1) is 0 Å². The van der Waals surface area contributed by atoms with Crippen molar-refractivity contribution in [2.45, 2.75) is 0 Å². The lowest BCUT2D eigenvalue weighted by Gasteiger charge is -2.18. The number of hydrogen-bond acceptors (Lipinski definition) is 3. The summed E-state index contributed by atoms with van der Waals surface area (Å²) in [5.74, 6) is 1.78. The van der Waals surface area contributed by atoms with Crippen LogP contribution in [0.1, 0.15) is 0 Å². The molecule has 0 aliphatic carbocycles. The lowest BCUT2D eigenvalue weighted by atomic mass is 9.93. The number of hydrogen-bond donors (Lipinski definition) is 0. The van der Waals surface area contributed by atoms with Crippen molar-refractivity contribution < 1.29 is 0 Å². The van der Waals surface area contributed by atoms with Gasteiger partial charge in [0.05, 0.1) is 27.8 Å². The van der Waals surface area contributed by atoms with Crippen LogP contribution in [0.5, 0.6) is 0 Å². The third kappa shape index (κ3) is 5.90. The minimum atomic E-state index is 0.559. The normalized spacial score (nSPS) is 11.5. The Morgan fingerprint density at radius 3 is 1.42 bits per heavy atom. The van der Waals surface area contributed by atoms with Crippen LogP contribution in [0.25, 0.3) is 111 Å². The fourth-order valence-corrected chi connectivity index (χ4v) is 9.18. The van der Waals surface area contributed by atoms with Gasteiger partial charge in [-0.25, -0.2) is 4.98 Å². The second-order valence-electron chi connectivity index (χ2n) is 15.6. The van der Waals surface area contributed by atoms with Gasteiger partial charge in [-0.05, 0) is 64.2 Å². The topological polar surface area (TPSA) is 48.5 Å².